The van der Waals surface area contributed by atoms with E-state index < -0.39 is 0 Å². The molecule has 1 saturated heterocycles. The van der Waals surface area contributed by atoms with E-state index in [4.69, 9.17) is 5.73 Å². The molecule has 1 aromatic heterocycles. The highest BCUT2D eigenvalue weighted by Gasteiger charge is 2.24. The predicted molar refractivity (Wildman–Crippen MR) is 69.9 cm³/mol. The number of hydrogen-bond acceptors (Lipinski definition) is 3. The Hall–Kier alpha value is -0.870. The van der Waals surface area contributed by atoms with E-state index in [2.05, 4.69) is 40.8 Å². The minimum atomic E-state index is -0.0882. The zero-order valence-corrected chi connectivity index (χ0v) is 11.2. The van der Waals surface area contributed by atoms with Crippen LogP contribution in [0, 0.1) is 6.92 Å². The van der Waals surface area contributed by atoms with Gasteiger partial charge in [0.1, 0.15) is 0 Å². The highest BCUT2D eigenvalue weighted by Crippen LogP contribution is 2.22. The molecule has 96 valence electrons. The average molecular weight is 236 g/mol. The Bertz CT molecular complexity index is 356. The number of rotatable bonds is 3. The first kappa shape index (κ1) is 12.6. The van der Waals surface area contributed by atoms with Gasteiger partial charge in [-0.3, -0.25) is 4.68 Å². The van der Waals surface area contributed by atoms with Crippen LogP contribution in [0.2, 0.25) is 0 Å². The van der Waals surface area contributed by atoms with Gasteiger partial charge in [-0.05, 0) is 39.7 Å². The monoisotopic (exact) mass is 236 g/mol. The SMILES string of the molecule is Cc1ccn(C2CCN(CC(C)(C)N)CC2)n1. The molecule has 2 rings (SSSR count). The third-order valence-electron chi connectivity index (χ3n) is 3.30. The topological polar surface area (TPSA) is 47.1 Å². The molecule has 0 bridgehead atoms. The van der Waals surface area contributed by atoms with Crippen LogP contribution in [0.1, 0.15) is 38.4 Å². The maximum Gasteiger partial charge on any atom is 0.0593 e. The summed E-state index contributed by atoms with van der Waals surface area (Å²) in [4.78, 5) is 2.47. The maximum atomic E-state index is 6.06. The molecule has 2 N–H and O–H groups in total. The van der Waals surface area contributed by atoms with E-state index >= 15 is 0 Å². The quantitative estimate of drug-likeness (QED) is 0.866. The summed E-state index contributed by atoms with van der Waals surface area (Å²) >= 11 is 0. The van der Waals surface area contributed by atoms with Crippen molar-refractivity contribution >= 4 is 0 Å². The fourth-order valence-electron chi connectivity index (χ4n) is 2.55. The van der Waals surface area contributed by atoms with Gasteiger partial charge in [-0.1, -0.05) is 0 Å². The Morgan fingerprint density at radius 1 is 1.41 bits per heavy atom. The second-order valence-corrected chi connectivity index (χ2v) is 5.93. The smallest absolute Gasteiger partial charge is 0.0593 e. The molecule has 2 heterocycles. The molecule has 0 unspecified atom stereocenters. The summed E-state index contributed by atoms with van der Waals surface area (Å²) in [5.74, 6) is 0. The van der Waals surface area contributed by atoms with Crippen molar-refractivity contribution < 1.29 is 0 Å². The van der Waals surface area contributed by atoms with Crippen LogP contribution in [0.15, 0.2) is 12.3 Å². The number of likely N-dealkylation sites (tertiary alicyclic amines) is 1. The Morgan fingerprint density at radius 3 is 2.53 bits per heavy atom. The first-order valence-electron chi connectivity index (χ1n) is 6.47. The molecule has 4 nitrogen and oxygen atoms in total. The molecular weight excluding hydrogens is 212 g/mol. The van der Waals surface area contributed by atoms with Crippen molar-refractivity contribution in [3.8, 4) is 0 Å². The molecule has 0 aliphatic carbocycles. The van der Waals surface area contributed by atoms with Gasteiger partial charge in [0.05, 0.1) is 11.7 Å². The van der Waals surface area contributed by atoms with E-state index in [0.717, 1.165) is 25.3 Å². The molecule has 1 aliphatic heterocycles. The number of aryl methyl sites for hydroxylation is 1. The van der Waals surface area contributed by atoms with Crippen molar-refractivity contribution in [1.82, 2.24) is 14.7 Å². The van der Waals surface area contributed by atoms with Gasteiger partial charge >= 0.3 is 0 Å². The van der Waals surface area contributed by atoms with Gasteiger partial charge in [-0.2, -0.15) is 5.10 Å². The largest absolute Gasteiger partial charge is 0.324 e. The Morgan fingerprint density at radius 2 is 2.06 bits per heavy atom. The van der Waals surface area contributed by atoms with Crippen LogP contribution >= 0.6 is 0 Å². The summed E-state index contributed by atoms with van der Waals surface area (Å²) < 4.78 is 2.13. The van der Waals surface area contributed by atoms with Gasteiger partial charge < -0.3 is 10.6 Å². The molecule has 1 aromatic rings. The van der Waals surface area contributed by atoms with Crippen molar-refractivity contribution in [2.24, 2.45) is 5.73 Å². The molecule has 0 aromatic carbocycles. The summed E-state index contributed by atoms with van der Waals surface area (Å²) in [6, 6.07) is 2.65. The number of piperidine rings is 1. The minimum Gasteiger partial charge on any atom is -0.324 e. The summed E-state index contributed by atoms with van der Waals surface area (Å²) in [5.41, 5.74) is 7.07. The van der Waals surface area contributed by atoms with Crippen molar-refractivity contribution in [2.45, 2.75) is 45.2 Å². The normalized spacial score (nSPS) is 19.8. The van der Waals surface area contributed by atoms with Gasteiger partial charge in [0, 0.05) is 31.4 Å². The number of hydrogen-bond donors (Lipinski definition) is 1. The molecule has 0 radical (unpaired) electrons. The highest BCUT2D eigenvalue weighted by atomic mass is 15.3. The third-order valence-corrected chi connectivity index (χ3v) is 3.30. The molecule has 0 saturated carbocycles. The van der Waals surface area contributed by atoms with Crippen LogP contribution < -0.4 is 5.73 Å². The van der Waals surface area contributed by atoms with E-state index in [-0.39, 0.29) is 5.54 Å². The average Bonchev–Trinajstić information content (AvgIpc) is 2.63. The van der Waals surface area contributed by atoms with E-state index in [1.165, 1.54) is 12.8 Å². The van der Waals surface area contributed by atoms with Crippen LogP contribution in [0.3, 0.4) is 0 Å². The van der Waals surface area contributed by atoms with Crippen LogP contribution in [0.5, 0.6) is 0 Å². The summed E-state index contributed by atoms with van der Waals surface area (Å²) in [7, 11) is 0. The zero-order valence-electron chi connectivity index (χ0n) is 11.2. The fraction of sp³-hybridized carbons (Fsp3) is 0.769. The van der Waals surface area contributed by atoms with Crippen LogP contribution in [-0.4, -0.2) is 39.9 Å². The van der Waals surface area contributed by atoms with E-state index in [1.54, 1.807) is 0 Å². The lowest BCUT2D eigenvalue weighted by atomic mass is 10.0. The van der Waals surface area contributed by atoms with Gasteiger partial charge in [0.2, 0.25) is 0 Å². The van der Waals surface area contributed by atoms with E-state index in [1.807, 2.05) is 6.92 Å². The van der Waals surface area contributed by atoms with Crippen LogP contribution in [-0.2, 0) is 0 Å². The molecule has 0 spiro atoms. The Labute approximate surface area is 104 Å². The molecule has 0 amide bonds. The first-order chi connectivity index (χ1) is 7.94. The molecular formula is C13H24N4. The summed E-state index contributed by atoms with van der Waals surface area (Å²) in [6.07, 6.45) is 4.46. The molecule has 1 fully saturated rings. The van der Waals surface area contributed by atoms with Crippen LogP contribution in [0.25, 0.3) is 0 Å². The first-order valence-corrected chi connectivity index (χ1v) is 6.47. The lowest BCUT2D eigenvalue weighted by Gasteiger charge is -2.35. The van der Waals surface area contributed by atoms with E-state index in [0.29, 0.717) is 6.04 Å². The lowest BCUT2D eigenvalue weighted by molar-refractivity contribution is 0.155. The van der Waals surface area contributed by atoms with Gasteiger partial charge in [-0.15, -0.1) is 0 Å². The summed E-state index contributed by atoms with van der Waals surface area (Å²) in [5, 5.41) is 4.51. The molecule has 4 heteroatoms. The molecule has 17 heavy (non-hydrogen) atoms. The standard InChI is InChI=1S/C13H24N4/c1-11-4-9-17(15-11)12-5-7-16(8-6-12)10-13(2,3)14/h4,9,12H,5-8,10,14H2,1-3H3. The lowest BCUT2D eigenvalue weighted by Crippen LogP contribution is -2.48. The molecule has 1 aliphatic rings. The minimum absolute atomic E-state index is 0.0882. The second kappa shape index (κ2) is 4.78. The van der Waals surface area contributed by atoms with E-state index in [9.17, 15) is 0 Å². The van der Waals surface area contributed by atoms with Gasteiger partial charge in [0.15, 0.2) is 0 Å². The van der Waals surface area contributed by atoms with Crippen molar-refractivity contribution in [3.05, 3.63) is 18.0 Å². The highest BCUT2D eigenvalue weighted by molar-refractivity contribution is 4.96. The maximum absolute atomic E-state index is 6.06. The number of nitrogens with zero attached hydrogens (tertiary/aromatic N) is 3. The third kappa shape index (κ3) is 3.54. The van der Waals surface area contributed by atoms with Crippen molar-refractivity contribution in [2.75, 3.05) is 19.6 Å². The Kier molecular flexibility index (Phi) is 3.54. The molecule has 0 atom stereocenters. The predicted octanol–water partition coefficient (Wildman–Crippen LogP) is 1.57. The zero-order chi connectivity index (χ0) is 12.5. The fourth-order valence-corrected chi connectivity index (χ4v) is 2.55. The Balaban J connectivity index is 1.86. The van der Waals surface area contributed by atoms with Crippen molar-refractivity contribution in [3.63, 3.8) is 0 Å². The van der Waals surface area contributed by atoms with Gasteiger partial charge in [0.25, 0.3) is 0 Å². The van der Waals surface area contributed by atoms with Gasteiger partial charge in [-0.25, -0.2) is 0 Å². The van der Waals surface area contributed by atoms with Crippen LogP contribution in [0.4, 0.5) is 0 Å². The second-order valence-electron chi connectivity index (χ2n) is 5.93. The number of nitrogens with two attached hydrogens (primary N) is 1. The van der Waals surface area contributed by atoms with Crippen molar-refractivity contribution in [1.29, 1.82) is 0 Å². The summed E-state index contributed by atoms with van der Waals surface area (Å²) in [6.45, 7) is 9.47. The number of aromatic nitrogens is 2.